The molecule has 2 aliphatic rings. The lowest BCUT2D eigenvalue weighted by atomic mass is 9.96. The van der Waals surface area contributed by atoms with Crippen molar-refractivity contribution in [1.29, 1.82) is 0 Å². The molecule has 1 atom stereocenters. The molecule has 0 radical (unpaired) electrons. The predicted molar refractivity (Wildman–Crippen MR) is 110 cm³/mol. The van der Waals surface area contributed by atoms with Crippen LogP contribution in [-0.2, 0) is 6.54 Å². The number of hydrogen-bond donors (Lipinski definition) is 0. The molecule has 0 bridgehead atoms. The van der Waals surface area contributed by atoms with E-state index in [0.717, 1.165) is 11.8 Å². The summed E-state index contributed by atoms with van der Waals surface area (Å²) in [5, 5.41) is 2.00. The predicted octanol–water partition coefficient (Wildman–Crippen LogP) is 6.23. The van der Waals surface area contributed by atoms with Gasteiger partial charge in [-0.2, -0.15) is 0 Å². The third-order valence-corrected chi connectivity index (χ3v) is 7.11. The van der Waals surface area contributed by atoms with Crippen molar-refractivity contribution in [3.05, 3.63) is 59.8 Å². The van der Waals surface area contributed by atoms with Gasteiger partial charge in [0.05, 0.1) is 5.03 Å². The fraction of sp³-hybridized carbons (Fsp3) is 0.522. The summed E-state index contributed by atoms with van der Waals surface area (Å²) in [7, 11) is 0. The molecular weight excluding hydrogens is 336 g/mol. The Kier molecular flexibility index (Phi) is 6.29. The molecule has 2 heterocycles. The van der Waals surface area contributed by atoms with Gasteiger partial charge >= 0.3 is 0 Å². The maximum atomic E-state index is 4.83. The highest BCUT2D eigenvalue weighted by Gasteiger charge is 2.24. The lowest BCUT2D eigenvalue weighted by molar-refractivity contribution is 0.140. The Morgan fingerprint density at radius 1 is 0.885 bits per heavy atom. The van der Waals surface area contributed by atoms with Crippen molar-refractivity contribution in [3.63, 3.8) is 0 Å². The second-order valence-electron chi connectivity index (χ2n) is 7.78. The van der Waals surface area contributed by atoms with Crippen LogP contribution in [0.25, 0.3) is 0 Å². The molecule has 26 heavy (non-hydrogen) atoms. The number of likely N-dealkylation sites (tertiary alicyclic amines) is 1. The molecule has 1 aromatic heterocycles. The molecule has 0 spiro atoms. The second-order valence-corrected chi connectivity index (χ2v) is 9.10. The Morgan fingerprint density at radius 3 is 2.46 bits per heavy atom. The number of benzene rings is 1. The Bertz CT molecular complexity index is 664. The van der Waals surface area contributed by atoms with E-state index in [4.69, 9.17) is 4.98 Å². The zero-order chi connectivity index (χ0) is 17.6. The fourth-order valence-corrected chi connectivity index (χ4v) is 5.56. The number of nitrogens with zero attached hydrogens (tertiary/aromatic N) is 2. The minimum absolute atomic E-state index is 0.519. The van der Waals surface area contributed by atoms with Gasteiger partial charge in [-0.15, -0.1) is 11.8 Å². The largest absolute Gasteiger partial charge is 0.292 e. The Labute approximate surface area is 162 Å². The van der Waals surface area contributed by atoms with Gasteiger partial charge in [0.15, 0.2) is 0 Å². The molecular formula is C23H30N2S. The van der Waals surface area contributed by atoms with E-state index in [1.165, 1.54) is 74.1 Å². The van der Waals surface area contributed by atoms with Crippen molar-refractivity contribution in [3.8, 4) is 0 Å². The van der Waals surface area contributed by atoms with E-state index in [-0.39, 0.29) is 0 Å². The van der Waals surface area contributed by atoms with Crippen molar-refractivity contribution >= 4 is 11.8 Å². The molecule has 4 rings (SSSR count). The topological polar surface area (TPSA) is 16.1 Å². The molecule has 1 aromatic carbocycles. The summed E-state index contributed by atoms with van der Waals surface area (Å²) in [6, 6.07) is 16.0. The highest BCUT2D eigenvalue weighted by Crippen LogP contribution is 2.35. The molecule has 2 fully saturated rings. The molecule has 1 saturated heterocycles. The van der Waals surface area contributed by atoms with Crippen LogP contribution in [0.1, 0.15) is 68.5 Å². The first-order chi connectivity index (χ1) is 12.9. The smallest absolute Gasteiger partial charge is 0.0962 e. The average Bonchev–Trinajstić information content (AvgIpc) is 2.71. The first-order valence-electron chi connectivity index (χ1n) is 10.3. The van der Waals surface area contributed by atoms with Crippen molar-refractivity contribution in [2.24, 2.45) is 0 Å². The zero-order valence-corrected chi connectivity index (χ0v) is 16.5. The number of hydrogen-bond acceptors (Lipinski definition) is 3. The van der Waals surface area contributed by atoms with Gasteiger partial charge in [0.1, 0.15) is 0 Å². The van der Waals surface area contributed by atoms with E-state index in [2.05, 4.69) is 53.6 Å². The molecule has 1 saturated carbocycles. The van der Waals surface area contributed by atoms with Gasteiger partial charge in [-0.05, 0) is 49.4 Å². The monoisotopic (exact) mass is 366 g/mol. The van der Waals surface area contributed by atoms with Gasteiger partial charge in [-0.25, -0.2) is 4.98 Å². The molecule has 2 aromatic rings. The Morgan fingerprint density at radius 2 is 1.69 bits per heavy atom. The van der Waals surface area contributed by atoms with Crippen LogP contribution in [0, 0.1) is 0 Å². The quantitative estimate of drug-likeness (QED) is 0.623. The first kappa shape index (κ1) is 18.1. The molecule has 0 amide bonds. The SMILES string of the molecule is c1ccc(CN2CCCCC2c2ccc(SC3CCCCC3)nc2)cc1. The van der Waals surface area contributed by atoms with Gasteiger partial charge in [-0.1, -0.05) is 62.1 Å². The van der Waals surface area contributed by atoms with Crippen molar-refractivity contribution in [2.45, 2.75) is 74.2 Å². The molecule has 1 unspecified atom stereocenters. The third kappa shape index (κ3) is 4.69. The minimum atomic E-state index is 0.519. The standard InChI is InChI=1S/C23H30N2S/c1-3-9-19(10-4-1)18-25-16-8-7-13-22(25)20-14-15-23(24-17-20)26-21-11-5-2-6-12-21/h1,3-4,9-10,14-15,17,21-22H,2,5-8,11-13,16,18H2. The van der Waals surface area contributed by atoms with Gasteiger partial charge in [0, 0.05) is 24.0 Å². The Hall–Kier alpha value is -1.32. The van der Waals surface area contributed by atoms with E-state index in [9.17, 15) is 0 Å². The average molecular weight is 367 g/mol. The molecule has 3 heteroatoms. The maximum absolute atomic E-state index is 4.83. The van der Waals surface area contributed by atoms with E-state index >= 15 is 0 Å². The summed E-state index contributed by atoms with van der Waals surface area (Å²) in [5.41, 5.74) is 2.81. The Balaban J connectivity index is 1.42. The van der Waals surface area contributed by atoms with Gasteiger partial charge < -0.3 is 0 Å². The summed E-state index contributed by atoms with van der Waals surface area (Å²) in [6.07, 6.45) is 13.0. The number of aromatic nitrogens is 1. The van der Waals surface area contributed by atoms with Crippen molar-refractivity contribution in [2.75, 3.05) is 6.54 Å². The maximum Gasteiger partial charge on any atom is 0.0962 e. The zero-order valence-electron chi connectivity index (χ0n) is 15.6. The molecule has 0 N–H and O–H groups in total. The van der Waals surface area contributed by atoms with Crippen molar-refractivity contribution < 1.29 is 0 Å². The van der Waals surface area contributed by atoms with Crippen LogP contribution in [0.4, 0.5) is 0 Å². The number of thioether (sulfide) groups is 1. The molecule has 2 nitrogen and oxygen atoms in total. The molecule has 1 aliphatic carbocycles. The van der Waals surface area contributed by atoms with Crippen LogP contribution < -0.4 is 0 Å². The summed E-state index contributed by atoms with van der Waals surface area (Å²) in [4.78, 5) is 7.47. The second kappa shape index (κ2) is 9.05. The summed E-state index contributed by atoms with van der Waals surface area (Å²) in [6.45, 7) is 2.24. The number of piperidine rings is 1. The van der Waals surface area contributed by atoms with Gasteiger partial charge in [0.2, 0.25) is 0 Å². The number of rotatable bonds is 5. The van der Waals surface area contributed by atoms with E-state index in [1.54, 1.807) is 0 Å². The summed E-state index contributed by atoms with van der Waals surface area (Å²) in [5.74, 6) is 0. The van der Waals surface area contributed by atoms with Crippen molar-refractivity contribution in [1.82, 2.24) is 9.88 Å². The fourth-order valence-electron chi connectivity index (χ4n) is 4.39. The van der Waals surface area contributed by atoms with Crippen LogP contribution in [-0.4, -0.2) is 21.7 Å². The number of pyridine rings is 1. The van der Waals surface area contributed by atoms with Crippen LogP contribution in [0.5, 0.6) is 0 Å². The normalized spacial score (nSPS) is 22.4. The van der Waals surface area contributed by atoms with E-state index in [1.807, 2.05) is 11.8 Å². The summed E-state index contributed by atoms with van der Waals surface area (Å²) >= 11 is 2.00. The van der Waals surface area contributed by atoms with Crippen LogP contribution >= 0.6 is 11.8 Å². The van der Waals surface area contributed by atoms with Gasteiger partial charge in [0.25, 0.3) is 0 Å². The minimum Gasteiger partial charge on any atom is -0.292 e. The lowest BCUT2D eigenvalue weighted by Gasteiger charge is -2.36. The van der Waals surface area contributed by atoms with Gasteiger partial charge in [-0.3, -0.25) is 4.90 Å². The first-order valence-corrected chi connectivity index (χ1v) is 11.2. The third-order valence-electron chi connectivity index (χ3n) is 5.83. The molecule has 1 aliphatic heterocycles. The van der Waals surface area contributed by atoms with E-state index in [0.29, 0.717) is 6.04 Å². The molecule has 138 valence electrons. The van der Waals surface area contributed by atoms with E-state index < -0.39 is 0 Å². The lowest BCUT2D eigenvalue weighted by Crippen LogP contribution is -2.33. The summed E-state index contributed by atoms with van der Waals surface area (Å²) < 4.78 is 0. The highest BCUT2D eigenvalue weighted by atomic mass is 32.2. The van der Waals surface area contributed by atoms with Crippen LogP contribution in [0.2, 0.25) is 0 Å². The van der Waals surface area contributed by atoms with Crippen LogP contribution in [0.15, 0.2) is 53.7 Å². The van der Waals surface area contributed by atoms with Crippen LogP contribution in [0.3, 0.4) is 0 Å². The highest BCUT2D eigenvalue weighted by molar-refractivity contribution is 7.99.